The lowest BCUT2D eigenvalue weighted by Gasteiger charge is -2.29. The number of ether oxygens (including phenoxy) is 1. The summed E-state index contributed by atoms with van der Waals surface area (Å²) in [5.41, 5.74) is -0.740. The molecule has 8 nitrogen and oxygen atoms in total. The molecule has 0 N–H and O–H groups in total. The number of amides is 1. The molecule has 14 heteroatoms. The van der Waals surface area contributed by atoms with Crippen molar-refractivity contribution in [1.82, 2.24) is 24.6 Å². The molecular formula is C31H30F6N6O2. The molecule has 1 saturated heterocycles. The Morgan fingerprint density at radius 1 is 0.956 bits per heavy atom. The van der Waals surface area contributed by atoms with Gasteiger partial charge in [-0.25, -0.2) is 14.8 Å². The minimum Gasteiger partial charge on any atom is -0.410 e. The number of halogens is 6. The number of aromatic nitrogens is 4. The average molecular weight is 633 g/mol. The van der Waals surface area contributed by atoms with Crippen LogP contribution in [0.3, 0.4) is 0 Å². The SMILES string of the molecule is CC[C@@H]1C[C@H](N(Cc2cc(C(F)(F)F)cc(C(F)(F)F)c2)c2ncc(-c3cnn(C)c3)cn2)CN1C(=O)Oc1ccc(C)cc1. The highest BCUT2D eigenvalue weighted by molar-refractivity contribution is 5.72. The van der Waals surface area contributed by atoms with Crippen LogP contribution in [0.15, 0.2) is 67.3 Å². The Hall–Kier alpha value is -4.62. The monoisotopic (exact) mass is 632 g/mol. The van der Waals surface area contributed by atoms with Crippen molar-refractivity contribution in [2.24, 2.45) is 7.05 Å². The first-order valence-electron chi connectivity index (χ1n) is 14.1. The summed E-state index contributed by atoms with van der Waals surface area (Å²) >= 11 is 0. The lowest BCUT2D eigenvalue weighted by molar-refractivity contribution is -0.143. The number of alkyl halides is 6. The summed E-state index contributed by atoms with van der Waals surface area (Å²) in [7, 11) is 1.74. The molecule has 45 heavy (non-hydrogen) atoms. The van der Waals surface area contributed by atoms with Crippen molar-refractivity contribution in [2.75, 3.05) is 11.4 Å². The van der Waals surface area contributed by atoms with Gasteiger partial charge < -0.3 is 14.5 Å². The first-order chi connectivity index (χ1) is 21.2. The number of benzene rings is 2. The van der Waals surface area contributed by atoms with Crippen molar-refractivity contribution >= 4 is 12.0 Å². The topological polar surface area (TPSA) is 76.4 Å². The minimum absolute atomic E-state index is 0.0853. The zero-order valence-electron chi connectivity index (χ0n) is 24.6. The zero-order chi connectivity index (χ0) is 32.5. The van der Waals surface area contributed by atoms with E-state index in [4.69, 9.17) is 4.74 Å². The minimum atomic E-state index is -5.00. The summed E-state index contributed by atoms with van der Waals surface area (Å²) in [6.07, 6.45) is -3.34. The summed E-state index contributed by atoms with van der Waals surface area (Å²) in [5, 5.41) is 4.12. The van der Waals surface area contributed by atoms with E-state index in [1.807, 2.05) is 13.8 Å². The van der Waals surface area contributed by atoms with E-state index in [2.05, 4.69) is 15.1 Å². The van der Waals surface area contributed by atoms with E-state index < -0.39 is 35.6 Å². The fourth-order valence-electron chi connectivity index (χ4n) is 5.35. The van der Waals surface area contributed by atoms with E-state index in [9.17, 15) is 31.1 Å². The summed E-state index contributed by atoms with van der Waals surface area (Å²) < 4.78 is 89.2. The Labute approximate surface area is 255 Å². The van der Waals surface area contributed by atoms with Crippen molar-refractivity contribution in [1.29, 1.82) is 0 Å². The molecule has 0 radical (unpaired) electrons. The van der Waals surface area contributed by atoms with Gasteiger partial charge in [-0.15, -0.1) is 0 Å². The molecule has 2 atom stereocenters. The largest absolute Gasteiger partial charge is 0.416 e. The molecule has 0 aliphatic carbocycles. The van der Waals surface area contributed by atoms with Crippen molar-refractivity contribution in [3.8, 4) is 16.9 Å². The second-order valence-electron chi connectivity index (χ2n) is 11.0. The van der Waals surface area contributed by atoms with Crippen LogP contribution in [0.25, 0.3) is 11.1 Å². The molecule has 0 saturated carbocycles. The van der Waals surface area contributed by atoms with Crippen LogP contribution in [0.2, 0.25) is 0 Å². The van der Waals surface area contributed by atoms with Gasteiger partial charge in [-0.2, -0.15) is 31.4 Å². The summed E-state index contributed by atoms with van der Waals surface area (Å²) in [6.45, 7) is 3.49. The molecule has 0 spiro atoms. The van der Waals surface area contributed by atoms with Crippen LogP contribution in [0.4, 0.5) is 37.1 Å². The summed E-state index contributed by atoms with van der Waals surface area (Å²) in [6, 6.07) is 7.56. The van der Waals surface area contributed by atoms with E-state index >= 15 is 0 Å². The average Bonchev–Trinajstić information content (AvgIpc) is 3.63. The van der Waals surface area contributed by atoms with Gasteiger partial charge in [0.15, 0.2) is 0 Å². The van der Waals surface area contributed by atoms with Crippen molar-refractivity contribution in [3.63, 3.8) is 0 Å². The number of carbonyl (C=O) groups is 1. The fraction of sp³-hybridized carbons (Fsp3) is 0.355. The van der Waals surface area contributed by atoms with Gasteiger partial charge in [-0.1, -0.05) is 24.6 Å². The molecule has 4 aromatic rings. The molecule has 1 aliphatic heterocycles. The van der Waals surface area contributed by atoms with E-state index in [-0.39, 0.29) is 36.7 Å². The quantitative estimate of drug-likeness (QED) is 0.199. The van der Waals surface area contributed by atoms with Gasteiger partial charge >= 0.3 is 18.4 Å². The van der Waals surface area contributed by atoms with E-state index in [1.54, 1.807) is 53.3 Å². The molecule has 2 aromatic heterocycles. The first kappa shape index (κ1) is 31.8. The second kappa shape index (κ2) is 12.4. The van der Waals surface area contributed by atoms with Crippen LogP contribution in [0.1, 0.15) is 42.0 Å². The summed E-state index contributed by atoms with van der Waals surface area (Å²) in [4.78, 5) is 25.2. The van der Waals surface area contributed by atoms with E-state index in [0.29, 0.717) is 36.3 Å². The highest BCUT2D eigenvalue weighted by Crippen LogP contribution is 2.37. The molecule has 238 valence electrons. The molecule has 1 aliphatic rings. The lowest BCUT2D eigenvalue weighted by Crippen LogP contribution is -2.41. The van der Waals surface area contributed by atoms with Crippen LogP contribution in [-0.2, 0) is 25.9 Å². The number of rotatable bonds is 7. The first-order valence-corrected chi connectivity index (χ1v) is 14.1. The van der Waals surface area contributed by atoms with E-state index in [1.165, 1.54) is 17.3 Å². The molecule has 3 heterocycles. The number of likely N-dealkylation sites (tertiary alicyclic amines) is 1. The van der Waals surface area contributed by atoms with Crippen LogP contribution in [0, 0.1) is 6.92 Å². The third-order valence-electron chi connectivity index (χ3n) is 7.70. The Balaban J connectivity index is 1.49. The van der Waals surface area contributed by atoms with Gasteiger partial charge in [-0.05, 0) is 55.7 Å². The van der Waals surface area contributed by atoms with Crippen molar-refractivity contribution < 1.29 is 35.9 Å². The van der Waals surface area contributed by atoms with E-state index in [0.717, 1.165) is 11.1 Å². The number of anilines is 1. The van der Waals surface area contributed by atoms with Gasteiger partial charge in [0.25, 0.3) is 0 Å². The Morgan fingerprint density at radius 2 is 1.58 bits per heavy atom. The molecule has 0 bridgehead atoms. The normalized spacial score (nSPS) is 17.0. The van der Waals surface area contributed by atoms with Gasteiger partial charge in [-0.3, -0.25) is 4.68 Å². The van der Waals surface area contributed by atoms with Gasteiger partial charge in [0.2, 0.25) is 5.95 Å². The standard InChI is InChI=1S/C31H30F6N6O2/c1-4-25-12-26(18-43(25)29(44)45-27-7-5-19(2)6-8-27)42(28-38-13-21(14-39-28)22-15-40-41(3)17-22)16-20-9-23(30(32,33)34)11-24(10-20)31(35,36)37/h5-11,13-15,17,25-26H,4,12,16,18H2,1-3H3/t25-,26+/m1/s1. The Kier molecular flexibility index (Phi) is 8.77. The van der Waals surface area contributed by atoms with Crippen LogP contribution in [-0.4, -0.2) is 49.4 Å². The smallest absolute Gasteiger partial charge is 0.410 e. The zero-order valence-corrected chi connectivity index (χ0v) is 24.6. The number of carbonyl (C=O) groups excluding carboxylic acids is 1. The van der Waals surface area contributed by atoms with Crippen molar-refractivity contribution in [3.05, 3.63) is 89.5 Å². The molecule has 5 rings (SSSR count). The fourth-order valence-corrected chi connectivity index (χ4v) is 5.35. The maximum Gasteiger partial charge on any atom is 0.416 e. The maximum absolute atomic E-state index is 13.7. The Morgan fingerprint density at radius 3 is 2.11 bits per heavy atom. The third-order valence-corrected chi connectivity index (χ3v) is 7.70. The van der Waals surface area contributed by atoms with Gasteiger partial charge in [0.1, 0.15) is 5.75 Å². The van der Waals surface area contributed by atoms with Crippen LogP contribution >= 0.6 is 0 Å². The second-order valence-corrected chi connectivity index (χ2v) is 11.0. The summed E-state index contributed by atoms with van der Waals surface area (Å²) in [5.74, 6) is 0.431. The van der Waals surface area contributed by atoms with Crippen LogP contribution < -0.4 is 9.64 Å². The predicted molar refractivity (Wildman–Crippen MR) is 153 cm³/mol. The molecular weight excluding hydrogens is 602 g/mol. The van der Waals surface area contributed by atoms with Gasteiger partial charge in [0.05, 0.1) is 23.4 Å². The number of aryl methyl sites for hydroxylation is 2. The lowest BCUT2D eigenvalue weighted by atomic mass is 10.0. The maximum atomic E-state index is 13.7. The Bertz CT molecular complexity index is 1600. The predicted octanol–water partition coefficient (Wildman–Crippen LogP) is 7.28. The number of nitrogens with zero attached hydrogens (tertiary/aromatic N) is 6. The molecule has 1 fully saturated rings. The highest BCUT2D eigenvalue weighted by atomic mass is 19.4. The molecule has 2 aromatic carbocycles. The van der Waals surface area contributed by atoms with Gasteiger partial charge in [0, 0.05) is 55.9 Å². The highest BCUT2D eigenvalue weighted by Gasteiger charge is 2.41. The number of hydrogen-bond acceptors (Lipinski definition) is 6. The van der Waals surface area contributed by atoms with Crippen LogP contribution in [0.5, 0.6) is 5.75 Å². The molecule has 0 unspecified atom stereocenters. The van der Waals surface area contributed by atoms with Crippen molar-refractivity contribution in [2.45, 2.75) is 57.7 Å². The number of hydrogen-bond donors (Lipinski definition) is 0. The third kappa shape index (κ3) is 7.37. The molecule has 1 amide bonds.